The number of ether oxygens (including phenoxy) is 1. The van der Waals surface area contributed by atoms with Gasteiger partial charge in [0.2, 0.25) is 5.91 Å². The van der Waals surface area contributed by atoms with Crippen molar-refractivity contribution in [1.82, 2.24) is 15.2 Å². The summed E-state index contributed by atoms with van der Waals surface area (Å²) in [5.41, 5.74) is 3.27. The number of H-pyrrole nitrogens is 1. The predicted octanol–water partition coefficient (Wildman–Crippen LogP) is 1.35. The molecule has 2 atom stereocenters. The average molecular weight is 515 g/mol. The molecule has 1 aromatic heterocycles. The van der Waals surface area contributed by atoms with Gasteiger partial charge >= 0.3 is 0 Å². The maximum absolute atomic E-state index is 13.7. The lowest BCUT2D eigenvalue weighted by molar-refractivity contribution is -0.137. The molecule has 0 radical (unpaired) electrons. The number of morpholine rings is 1. The smallest absolute Gasteiger partial charge is 0.256 e. The summed E-state index contributed by atoms with van der Waals surface area (Å²) in [6.07, 6.45) is -0.687. The van der Waals surface area contributed by atoms with Crippen LogP contribution in [0.3, 0.4) is 0 Å². The summed E-state index contributed by atoms with van der Waals surface area (Å²) < 4.78 is 19.0. The van der Waals surface area contributed by atoms with Crippen molar-refractivity contribution in [3.8, 4) is 0 Å². The fourth-order valence-corrected chi connectivity index (χ4v) is 4.63. The molecule has 2 aliphatic heterocycles. The SMILES string of the molecule is Cc1[nH]c(C=C2C(=O)Nc3ccc(F)cc32)c(C)c1C(=O)NC[C@@H](O)C[C@@H](O)CC(=O)N1CCOCC1. The van der Waals surface area contributed by atoms with E-state index in [0.29, 0.717) is 60.1 Å². The van der Waals surface area contributed by atoms with E-state index >= 15 is 0 Å². The number of benzene rings is 1. The molecule has 10 nitrogen and oxygen atoms in total. The van der Waals surface area contributed by atoms with Gasteiger partial charge in [0, 0.05) is 48.7 Å². The minimum Gasteiger partial charge on any atom is -0.392 e. The van der Waals surface area contributed by atoms with Crippen molar-refractivity contribution in [2.24, 2.45) is 0 Å². The number of aliphatic hydroxyl groups is 2. The van der Waals surface area contributed by atoms with E-state index in [1.165, 1.54) is 18.2 Å². The van der Waals surface area contributed by atoms with Crippen LogP contribution >= 0.6 is 0 Å². The molecule has 0 aliphatic carbocycles. The Hall–Kier alpha value is -3.54. The van der Waals surface area contributed by atoms with Crippen molar-refractivity contribution in [2.75, 3.05) is 38.2 Å². The Morgan fingerprint density at radius 2 is 1.95 bits per heavy atom. The third-order valence-corrected chi connectivity index (χ3v) is 6.57. The van der Waals surface area contributed by atoms with E-state index in [1.807, 2.05) is 0 Å². The van der Waals surface area contributed by atoms with Gasteiger partial charge in [-0.15, -0.1) is 0 Å². The van der Waals surface area contributed by atoms with Crippen molar-refractivity contribution >= 4 is 35.1 Å². The van der Waals surface area contributed by atoms with Gasteiger partial charge in [-0.05, 0) is 43.7 Å². The summed E-state index contributed by atoms with van der Waals surface area (Å²) in [6, 6.07) is 4.04. The highest BCUT2D eigenvalue weighted by molar-refractivity contribution is 6.34. The Balaban J connectivity index is 1.36. The van der Waals surface area contributed by atoms with Crippen LogP contribution in [-0.2, 0) is 14.3 Å². The quantitative estimate of drug-likeness (QED) is 0.337. The third kappa shape index (κ3) is 6.07. The van der Waals surface area contributed by atoms with Crippen LogP contribution < -0.4 is 10.6 Å². The Morgan fingerprint density at radius 1 is 1.22 bits per heavy atom. The van der Waals surface area contributed by atoms with Crippen LogP contribution in [0.4, 0.5) is 10.1 Å². The fraction of sp³-hybridized carbons (Fsp3) is 0.423. The number of hydrogen-bond acceptors (Lipinski definition) is 6. The molecule has 4 rings (SSSR count). The van der Waals surface area contributed by atoms with Crippen LogP contribution in [0.1, 0.15) is 45.7 Å². The van der Waals surface area contributed by atoms with Gasteiger partial charge in [-0.3, -0.25) is 14.4 Å². The van der Waals surface area contributed by atoms with Crippen LogP contribution in [0, 0.1) is 19.7 Å². The van der Waals surface area contributed by atoms with E-state index in [2.05, 4.69) is 15.6 Å². The standard InChI is InChI=1S/C26H31FN4O6/c1-14-22(12-20-19-9-16(27)3-4-21(19)30-25(20)35)29-15(2)24(14)26(36)28-13-18(33)10-17(32)11-23(34)31-5-7-37-8-6-31/h3-4,9,12,17-18,29,32-33H,5-8,10-11,13H2,1-2H3,(H,28,36)(H,30,35)/t17-,18+/m1/s1. The summed E-state index contributed by atoms with van der Waals surface area (Å²) in [5.74, 6) is -1.47. The first-order valence-corrected chi connectivity index (χ1v) is 12.2. The second-order valence-electron chi connectivity index (χ2n) is 9.32. The van der Waals surface area contributed by atoms with E-state index < -0.39 is 23.9 Å². The third-order valence-electron chi connectivity index (χ3n) is 6.57. The van der Waals surface area contributed by atoms with Crippen molar-refractivity contribution in [2.45, 2.75) is 38.9 Å². The number of carbonyl (C=O) groups is 3. The molecule has 198 valence electrons. The normalized spacial score (nSPS) is 17.9. The molecule has 0 unspecified atom stereocenters. The Morgan fingerprint density at radius 3 is 2.68 bits per heavy atom. The van der Waals surface area contributed by atoms with Gasteiger partial charge in [0.1, 0.15) is 5.82 Å². The van der Waals surface area contributed by atoms with Crippen LogP contribution in [0.15, 0.2) is 18.2 Å². The lowest BCUT2D eigenvalue weighted by Crippen LogP contribution is -2.42. The molecular weight excluding hydrogens is 483 g/mol. The van der Waals surface area contributed by atoms with Gasteiger partial charge in [-0.25, -0.2) is 4.39 Å². The number of fused-ring (bicyclic) bond motifs is 1. The number of anilines is 1. The monoisotopic (exact) mass is 514 g/mol. The number of rotatable bonds is 8. The number of aryl methyl sites for hydroxylation is 1. The van der Waals surface area contributed by atoms with Crippen molar-refractivity contribution in [3.63, 3.8) is 0 Å². The van der Waals surface area contributed by atoms with Gasteiger partial charge in [0.15, 0.2) is 0 Å². The summed E-state index contributed by atoms with van der Waals surface area (Å²) in [7, 11) is 0. The zero-order valence-electron chi connectivity index (χ0n) is 20.8. The zero-order chi connectivity index (χ0) is 26.7. The molecular formula is C26H31FN4O6. The first kappa shape index (κ1) is 26.5. The number of aliphatic hydroxyl groups excluding tert-OH is 2. The minimum absolute atomic E-state index is 0.0656. The highest BCUT2D eigenvalue weighted by Crippen LogP contribution is 2.34. The van der Waals surface area contributed by atoms with Crippen LogP contribution in [-0.4, -0.2) is 82.9 Å². The minimum atomic E-state index is -1.05. The van der Waals surface area contributed by atoms with Crippen LogP contribution in [0.2, 0.25) is 0 Å². The summed E-state index contributed by atoms with van der Waals surface area (Å²) in [5, 5.41) is 25.9. The van der Waals surface area contributed by atoms with Gasteiger partial charge in [0.25, 0.3) is 11.8 Å². The molecule has 2 aliphatic rings. The Bertz CT molecular complexity index is 1230. The number of aromatic nitrogens is 1. The highest BCUT2D eigenvalue weighted by Gasteiger charge is 2.27. The maximum atomic E-state index is 13.7. The Labute approximate surface area is 213 Å². The largest absolute Gasteiger partial charge is 0.392 e. The van der Waals surface area contributed by atoms with Gasteiger partial charge < -0.3 is 35.5 Å². The molecule has 0 spiro atoms. The van der Waals surface area contributed by atoms with E-state index in [-0.39, 0.29) is 36.8 Å². The number of amides is 3. The van der Waals surface area contributed by atoms with Crippen molar-refractivity contribution in [3.05, 3.63) is 52.1 Å². The molecule has 0 saturated carbocycles. The van der Waals surface area contributed by atoms with Crippen LogP contribution in [0.5, 0.6) is 0 Å². The number of hydrogen-bond donors (Lipinski definition) is 5. The number of nitrogens with zero attached hydrogens (tertiary/aromatic N) is 1. The van der Waals surface area contributed by atoms with Crippen molar-refractivity contribution < 1.29 is 33.7 Å². The average Bonchev–Trinajstić information content (AvgIpc) is 3.32. The first-order valence-electron chi connectivity index (χ1n) is 12.2. The second kappa shape index (κ2) is 11.2. The number of nitrogens with one attached hydrogen (secondary N) is 3. The number of carbonyl (C=O) groups excluding carboxylic acids is 3. The molecule has 1 fully saturated rings. The zero-order valence-corrected chi connectivity index (χ0v) is 20.8. The lowest BCUT2D eigenvalue weighted by Gasteiger charge is -2.28. The van der Waals surface area contributed by atoms with Crippen LogP contribution in [0.25, 0.3) is 11.6 Å². The van der Waals surface area contributed by atoms with Gasteiger partial charge in [-0.1, -0.05) is 0 Å². The van der Waals surface area contributed by atoms with Crippen molar-refractivity contribution in [1.29, 1.82) is 0 Å². The molecule has 5 N–H and O–H groups in total. The molecule has 1 saturated heterocycles. The fourth-order valence-electron chi connectivity index (χ4n) is 4.63. The maximum Gasteiger partial charge on any atom is 0.256 e. The van der Waals surface area contributed by atoms with E-state index in [9.17, 15) is 29.0 Å². The molecule has 1 aromatic carbocycles. The van der Waals surface area contributed by atoms with E-state index in [0.717, 1.165) is 0 Å². The lowest BCUT2D eigenvalue weighted by atomic mass is 10.0. The Kier molecular flexibility index (Phi) is 8.06. The topological polar surface area (TPSA) is 144 Å². The van der Waals surface area contributed by atoms with E-state index in [4.69, 9.17) is 4.74 Å². The predicted molar refractivity (Wildman–Crippen MR) is 134 cm³/mol. The summed E-state index contributed by atoms with van der Waals surface area (Å²) in [4.78, 5) is 42.3. The number of halogens is 1. The molecule has 3 heterocycles. The number of aromatic amines is 1. The second-order valence-corrected chi connectivity index (χ2v) is 9.32. The highest BCUT2D eigenvalue weighted by atomic mass is 19.1. The molecule has 2 aromatic rings. The first-order chi connectivity index (χ1) is 17.6. The molecule has 0 bridgehead atoms. The van der Waals surface area contributed by atoms with Gasteiger partial charge in [0.05, 0.1) is 43.0 Å². The molecule has 3 amide bonds. The molecule has 11 heteroatoms. The molecule has 37 heavy (non-hydrogen) atoms. The van der Waals surface area contributed by atoms with E-state index in [1.54, 1.807) is 24.8 Å². The summed E-state index contributed by atoms with van der Waals surface area (Å²) >= 11 is 0. The summed E-state index contributed by atoms with van der Waals surface area (Å²) in [6.45, 7) is 5.21. The van der Waals surface area contributed by atoms with Gasteiger partial charge in [-0.2, -0.15) is 0 Å².